The lowest BCUT2D eigenvalue weighted by Gasteiger charge is -2.10. The van der Waals surface area contributed by atoms with Gasteiger partial charge in [0, 0.05) is 17.3 Å². The van der Waals surface area contributed by atoms with E-state index in [4.69, 9.17) is 28.3 Å². The van der Waals surface area contributed by atoms with Crippen LogP contribution >= 0.6 is 35.0 Å². The van der Waals surface area contributed by atoms with Crippen molar-refractivity contribution in [1.29, 1.82) is 0 Å². The molecule has 0 saturated carbocycles. The molecule has 0 aliphatic carbocycles. The molecule has 12 heteroatoms. The number of thioether (sulfide) groups is 1. The number of carboxylic acid groups (broad SMARTS) is 1. The summed E-state index contributed by atoms with van der Waals surface area (Å²) in [5, 5.41) is 23.7. The maximum atomic E-state index is 12.5. The Morgan fingerprint density at radius 3 is 2.50 bits per heavy atom. The maximum absolute atomic E-state index is 12.5. The average molecular weight is 520 g/mol. The smallest absolute Gasteiger partial charge is 0.335 e. The molecule has 3 aromatic rings. The Hall–Kier alpha value is -3.34. The third-order valence-electron chi connectivity index (χ3n) is 4.44. The summed E-state index contributed by atoms with van der Waals surface area (Å²) < 4.78 is 1.73. The second-order valence-electron chi connectivity index (χ2n) is 6.82. The number of allylic oxidation sites excluding steroid dienone is 1. The van der Waals surface area contributed by atoms with E-state index in [0.29, 0.717) is 28.2 Å². The van der Waals surface area contributed by atoms with Crippen LogP contribution in [0.2, 0.25) is 10.0 Å². The topological polar surface area (TPSA) is 126 Å². The van der Waals surface area contributed by atoms with Crippen molar-refractivity contribution in [3.8, 4) is 0 Å². The fraction of sp³-hybridized carbons (Fsp3) is 0.136. The Bertz CT molecular complexity index is 1230. The Balaban J connectivity index is 1.60. The summed E-state index contributed by atoms with van der Waals surface area (Å²) in [5.74, 6) is -1.21. The number of aromatic nitrogens is 3. The van der Waals surface area contributed by atoms with Gasteiger partial charge in [-0.3, -0.25) is 9.59 Å². The SMILES string of the molecule is C=CCn1c(CNC(=O)c2ccc(Cl)cc2Cl)nnc1SCC(=O)Nc1ccc(C(=O)O)cc1. The first-order valence-corrected chi connectivity index (χ1v) is 11.5. The number of anilines is 1. The van der Waals surface area contributed by atoms with Gasteiger partial charge in [-0.15, -0.1) is 16.8 Å². The number of nitrogens with zero attached hydrogens (tertiary/aromatic N) is 3. The molecule has 9 nitrogen and oxygen atoms in total. The lowest BCUT2D eigenvalue weighted by atomic mass is 10.2. The fourth-order valence-electron chi connectivity index (χ4n) is 2.82. The predicted octanol–water partition coefficient (Wildman–Crippen LogP) is 4.13. The van der Waals surface area contributed by atoms with Crippen molar-refractivity contribution in [2.75, 3.05) is 11.1 Å². The van der Waals surface area contributed by atoms with Crippen LogP contribution in [0, 0.1) is 0 Å². The molecule has 2 aromatic carbocycles. The molecular formula is C22H19Cl2N5O4S. The van der Waals surface area contributed by atoms with Gasteiger partial charge in [0.15, 0.2) is 11.0 Å². The molecule has 0 aliphatic rings. The molecular weight excluding hydrogens is 501 g/mol. The van der Waals surface area contributed by atoms with Crippen molar-refractivity contribution in [3.63, 3.8) is 0 Å². The molecule has 3 N–H and O–H groups in total. The molecule has 2 amide bonds. The normalized spacial score (nSPS) is 10.5. The minimum Gasteiger partial charge on any atom is -0.478 e. The van der Waals surface area contributed by atoms with Gasteiger partial charge in [-0.25, -0.2) is 4.79 Å². The van der Waals surface area contributed by atoms with Crippen molar-refractivity contribution in [2.45, 2.75) is 18.2 Å². The zero-order valence-electron chi connectivity index (χ0n) is 17.6. The number of carbonyl (C=O) groups excluding carboxylic acids is 2. The van der Waals surface area contributed by atoms with Crippen LogP contribution in [-0.2, 0) is 17.9 Å². The van der Waals surface area contributed by atoms with Gasteiger partial charge in [0.1, 0.15) is 0 Å². The first kappa shape index (κ1) is 25.3. The van der Waals surface area contributed by atoms with Crippen molar-refractivity contribution >= 4 is 58.4 Å². The Kier molecular flexibility index (Phi) is 8.69. The van der Waals surface area contributed by atoms with Crippen LogP contribution in [0.4, 0.5) is 5.69 Å². The number of carbonyl (C=O) groups is 3. The van der Waals surface area contributed by atoms with Gasteiger partial charge in [0.25, 0.3) is 5.91 Å². The summed E-state index contributed by atoms with van der Waals surface area (Å²) >= 11 is 13.1. The maximum Gasteiger partial charge on any atom is 0.335 e. The molecule has 0 bridgehead atoms. The van der Waals surface area contributed by atoms with Crippen molar-refractivity contribution in [2.24, 2.45) is 0 Å². The molecule has 1 heterocycles. The average Bonchev–Trinajstić information content (AvgIpc) is 3.18. The minimum absolute atomic E-state index is 0.0443. The highest BCUT2D eigenvalue weighted by molar-refractivity contribution is 7.99. The quantitative estimate of drug-likeness (QED) is 0.271. The zero-order valence-corrected chi connectivity index (χ0v) is 20.0. The number of halogens is 2. The van der Waals surface area contributed by atoms with Gasteiger partial charge >= 0.3 is 5.97 Å². The van der Waals surface area contributed by atoms with Crippen molar-refractivity contribution in [3.05, 3.63) is 82.1 Å². The van der Waals surface area contributed by atoms with Crippen LogP contribution in [0.25, 0.3) is 0 Å². The molecule has 1 aromatic heterocycles. The Morgan fingerprint density at radius 2 is 1.85 bits per heavy atom. The number of nitrogens with one attached hydrogen (secondary N) is 2. The number of amides is 2. The summed E-state index contributed by atoms with van der Waals surface area (Å²) in [6, 6.07) is 10.4. The molecule has 176 valence electrons. The molecule has 0 unspecified atom stereocenters. The molecule has 3 rings (SSSR count). The third-order valence-corrected chi connectivity index (χ3v) is 5.95. The van der Waals surface area contributed by atoms with E-state index >= 15 is 0 Å². The van der Waals surface area contributed by atoms with Crippen LogP contribution in [0.1, 0.15) is 26.5 Å². The van der Waals surface area contributed by atoms with E-state index < -0.39 is 11.9 Å². The molecule has 34 heavy (non-hydrogen) atoms. The first-order valence-electron chi connectivity index (χ1n) is 9.80. The molecule has 0 saturated heterocycles. The fourth-order valence-corrected chi connectivity index (χ4v) is 4.08. The number of carboxylic acids is 1. The van der Waals surface area contributed by atoms with Gasteiger partial charge in [-0.2, -0.15) is 0 Å². The molecule has 0 atom stereocenters. The van der Waals surface area contributed by atoms with Crippen LogP contribution in [0.3, 0.4) is 0 Å². The molecule has 0 fully saturated rings. The van der Waals surface area contributed by atoms with Crippen LogP contribution in [0.5, 0.6) is 0 Å². The molecule has 0 aliphatic heterocycles. The summed E-state index contributed by atoms with van der Waals surface area (Å²) in [6.07, 6.45) is 1.65. The Labute approximate surface area is 209 Å². The van der Waals surface area contributed by atoms with Gasteiger partial charge in [-0.1, -0.05) is 41.0 Å². The van der Waals surface area contributed by atoms with Crippen LogP contribution in [0.15, 0.2) is 60.3 Å². The van der Waals surface area contributed by atoms with Crippen LogP contribution in [-0.4, -0.2) is 43.4 Å². The summed E-state index contributed by atoms with van der Waals surface area (Å²) in [7, 11) is 0. The number of hydrogen-bond donors (Lipinski definition) is 3. The van der Waals surface area contributed by atoms with E-state index in [1.165, 1.54) is 36.4 Å². The minimum atomic E-state index is -1.04. The van der Waals surface area contributed by atoms with Gasteiger partial charge < -0.3 is 20.3 Å². The van der Waals surface area contributed by atoms with Crippen LogP contribution < -0.4 is 10.6 Å². The second kappa shape index (κ2) is 11.7. The van der Waals surface area contributed by atoms with E-state index in [0.717, 1.165) is 11.8 Å². The monoisotopic (exact) mass is 519 g/mol. The highest BCUT2D eigenvalue weighted by atomic mass is 35.5. The van der Waals surface area contributed by atoms with E-state index in [-0.39, 0.29) is 34.4 Å². The lowest BCUT2D eigenvalue weighted by Crippen LogP contribution is -2.25. The van der Waals surface area contributed by atoms with E-state index in [1.54, 1.807) is 16.7 Å². The number of rotatable bonds is 10. The lowest BCUT2D eigenvalue weighted by molar-refractivity contribution is -0.113. The highest BCUT2D eigenvalue weighted by Gasteiger charge is 2.16. The first-order chi connectivity index (χ1) is 16.3. The van der Waals surface area contributed by atoms with Gasteiger partial charge in [-0.05, 0) is 42.5 Å². The third kappa shape index (κ3) is 6.60. The van der Waals surface area contributed by atoms with Gasteiger partial charge in [0.05, 0.1) is 28.4 Å². The summed E-state index contributed by atoms with van der Waals surface area (Å²) in [4.78, 5) is 35.7. The highest BCUT2D eigenvalue weighted by Crippen LogP contribution is 2.21. The Morgan fingerprint density at radius 1 is 1.12 bits per heavy atom. The largest absolute Gasteiger partial charge is 0.478 e. The second-order valence-corrected chi connectivity index (χ2v) is 8.61. The number of aromatic carboxylic acids is 1. The number of benzene rings is 2. The van der Waals surface area contributed by atoms with E-state index in [2.05, 4.69) is 27.4 Å². The molecule has 0 radical (unpaired) electrons. The summed E-state index contributed by atoms with van der Waals surface area (Å²) in [5.41, 5.74) is 0.888. The number of hydrogen-bond acceptors (Lipinski definition) is 6. The zero-order chi connectivity index (χ0) is 24.7. The van der Waals surface area contributed by atoms with E-state index in [9.17, 15) is 14.4 Å². The van der Waals surface area contributed by atoms with E-state index in [1.807, 2.05) is 0 Å². The summed E-state index contributed by atoms with van der Waals surface area (Å²) in [6.45, 7) is 4.19. The van der Waals surface area contributed by atoms with Gasteiger partial charge in [0.2, 0.25) is 5.91 Å². The van der Waals surface area contributed by atoms with Crippen molar-refractivity contribution < 1.29 is 19.5 Å². The standard InChI is InChI=1S/C22H19Cl2N5O4S/c1-2-9-29-18(11-25-20(31)16-8-5-14(23)10-17(16)24)27-28-22(29)34-12-19(30)26-15-6-3-13(4-7-15)21(32)33/h2-8,10H,1,9,11-12H2,(H,25,31)(H,26,30)(H,32,33). The predicted molar refractivity (Wildman–Crippen MR) is 131 cm³/mol. The molecule has 0 spiro atoms. The van der Waals surface area contributed by atoms with Crippen molar-refractivity contribution in [1.82, 2.24) is 20.1 Å².